The quantitative estimate of drug-likeness (QED) is 0.497. The molecule has 0 atom stereocenters. The zero-order valence-corrected chi connectivity index (χ0v) is 12.6. The van der Waals surface area contributed by atoms with E-state index in [1.807, 2.05) is 0 Å². The van der Waals surface area contributed by atoms with E-state index < -0.39 is 38.1 Å². The molecule has 1 aromatic rings. The van der Waals surface area contributed by atoms with Crippen molar-refractivity contribution in [1.82, 2.24) is 0 Å². The van der Waals surface area contributed by atoms with Crippen LogP contribution in [0, 0.1) is 0 Å². The number of hydrogen-bond donors (Lipinski definition) is 3. The molecule has 5 N–H and O–H groups in total. The smallest absolute Gasteiger partial charge is 0.337 e. The maximum atomic E-state index is 10.9. The van der Waals surface area contributed by atoms with Crippen molar-refractivity contribution in [3.63, 3.8) is 0 Å². The molecule has 0 radical (unpaired) electrons. The van der Waals surface area contributed by atoms with E-state index in [1.54, 1.807) is 0 Å². The van der Waals surface area contributed by atoms with Gasteiger partial charge in [-0.15, -0.1) is 0 Å². The standard InChI is InChI=1S/C8H6O7S.H2O.Zn/c9-7(10)4-2-1-3-5(8(11)12)6(4)16(13,14)15;;/h1-3H,(H,9,10)(H,11,12)(H,13,14,15);1H2;. The van der Waals surface area contributed by atoms with Gasteiger partial charge in [-0.1, -0.05) is 6.07 Å². The predicted molar refractivity (Wildman–Crippen MR) is 53.8 cm³/mol. The summed E-state index contributed by atoms with van der Waals surface area (Å²) < 4.78 is 30.6. The van der Waals surface area contributed by atoms with Crippen LogP contribution < -0.4 is 0 Å². The fourth-order valence-electron chi connectivity index (χ4n) is 1.15. The van der Waals surface area contributed by atoms with E-state index in [4.69, 9.17) is 14.8 Å². The summed E-state index contributed by atoms with van der Waals surface area (Å²) >= 11 is 0. The van der Waals surface area contributed by atoms with Gasteiger partial charge in [0, 0.05) is 19.5 Å². The average molecular weight is 330 g/mol. The molecule has 0 aliphatic carbocycles. The van der Waals surface area contributed by atoms with Gasteiger partial charge in [0.05, 0.1) is 11.1 Å². The average Bonchev–Trinajstić information content (AvgIpc) is 2.15. The third kappa shape index (κ3) is 3.85. The van der Waals surface area contributed by atoms with Crippen LogP contribution in [0.4, 0.5) is 0 Å². The Bertz CT molecular complexity index is 532. The number of aromatic carboxylic acids is 2. The fraction of sp³-hybridized carbons (Fsp3) is 0. The Morgan fingerprint density at radius 2 is 1.33 bits per heavy atom. The maximum absolute atomic E-state index is 10.9. The molecule has 0 aliphatic rings. The fourth-order valence-corrected chi connectivity index (χ4v) is 2.02. The van der Waals surface area contributed by atoms with Crippen molar-refractivity contribution in [1.29, 1.82) is 0 Å². The normalized spacial score (nSPS) is 9.83. The molecule has 96 valence electrons. The summed E-state index contributed by atoms with van der Waals surface area (Å²) in [6.45, 7) is 0. The number of carboxylic acid groups (broad SMARTS) is 2. The molecule has 0 bridgehead atoms. The van der Waals surface area contributed by atoms with Crippen LogP contribution >= 0.6 is 0 Å². The number of carboxylic acids is 2. The molecule has 1 aromatic carbocycles. The van der Waals surface area contributed by atoms with Gasteiger partial charge in [-0.05, 0) is 12.1 Å². The Kier molecular flexibility index (Phi) is 6.91. The summed E-state index contributed by atoms with van der Waals surface area (Å²) in [6, 6.07) is 2.84. The van der Waals surface area contributed by atoms with Gasteiger partial charge in [0.2, 0.25) is 0 Å². The summed E-state index contributed by atoms with van der Waals surface area (Å²) in [7, 11) is -4.92. The Hall–Kier alpha value is -1.35. The summed E-state index contributed by atoms with van der Waals surface area (Å²) in [5.41, 5.74) is -1.58. The van der Waals surface area contributed by atoms with E-state index in [0.717, 1.165) is 18.2 Å². The van der Waals surface area contributed by atoms with Gasteiger partial charge in [0.1, 0.15) is 4.90 Å². The molecule has 0 saturated heterocycles. The minimum atomic E-state index is -4.92. The van der Waals surface area contributed by atoms with E-state index in [1.165, 1.54) is 0 Å². The van der Waals surface area contributed by atoms with Crippen molar-refractivity contribution in [3.05, 3.63) is 29.3 Å². The van der Waals surface area contributed by atoms with E-state index in [0.29, 0.717) is 0 Å². The van der Waals surface area contributed by atoms with Crippen LogP contribution in [0.2, 0.25) is 0 Å². The number of hydrogen-bond acceptors (Lipinski definition) is 4. The molecule has 0 aromatic heterocycles. The Morgan fingerprint density at radius 3 is 1.56 bits per heavy atom. The number of benzene rings is 1. The monoisotopic (exact) mass is 328 g/mol. The zero-order chi connectivity index (χ0) is 12.5. The first kappa shape index (κ1) is 19.0. The van der Waals surface area contributed by atoms with Gasteiger partial charge in [-0.3, -0.25) is 4.55 Å². The van der Waals surface area contributed by atoms with Crippen molar-refractivity contribution >= 4 is 22.1 Å². The van der Waals surface area contributed by atoms with Crippen LogP contribution in [0.25, 0.3) is 0 Å². The van der Waals surface area contributed by atoms with Crippen LogP contribution in [0.5, 0.6) is 0 Å². The Labute approximate surface area is 114 Å². The van der Waals surface area contributed by atoms with Crippen LogP contribution in [0.15, 0.2) is 23.1 Å². The van der Waals surface area contributed by atoms with Gasteiger partial charge >= 0.3 is 11.9 Å². The summed E-state index contributed by atoms with van der Waals surface area (Å²) in [6.07, 6.45) is 0. The minimum absolute atomic E-state index is 0. The van der Waals surface area contributed by atoms with Crippen molar-refractivity contribution in [2.24, 2.45) is 0 Å². The van der Waals surface area contributed by atoms with Crippen molar-refractivity contribution in [2.45, 2.75) is 4.90 Å². The van der Waals surface area contributed by atoms with Crippen LogP contribution in [-0.4, -0.2) is 40.6 Å². The van der Waals surface area contributed by atoms with E-state index in [2.05, 4.69) is 0 Å². The summed E-state index contributed by atoms with van der Waals surface area (Å²) in [4.78, 5) is 20.2. The van der Waals surface area contributed by atoms with Gasteiger partial charge in [-0.2, -0.15) is 8.42 Å². The van der Waals surface area contributed by atoms with Gasteiger partial charge in [0.15, 0.2) is 0 Å². The Balaban J connectivity index is 0. The molecular weight excluding hydrogens is 322 g/mol. The molecule has 0 aliphatic heterocycles. The van der Waals surface area contributed by atoms with Gasteiger partial charge in [-0.25, -0.2) is 9.59 Å². The molecule has 0 saturated carbocycles. The molecule has 0 unspecified atom stereocenters. The molecule has 0 heterocycles. The number of carbonyl (C=O) groups is 2. The molecule has 8 nitrogen and oxygen atoms in total. The number of rotatable bonds is 3. The molecule has 18 heavy (non-hydrogen) atoms. The summed E-state index contributed by atoms with van der Waals surface area (Å²) in [5, 5.41) is 17.3. The molecular formula is C8H8O8SZn. The zero-order valence-electron chi connectivity index (χ0n) is 8.82. The first-order chi connectivity index (χ1) is 7.25. The first-order valence-corrected chi connectivity index (χ1v) is 5.26. The van der Waals surface area contributed by atoms with Crippen LogP contribution in [-0.2, 0) is 29.6 Å². The Morgan fingerprint density at radius 1 is 1.00 bits per heavy atom. The van der Waals surface area contributed by atoms with Crippen molar-refractivity contribution in [2.75, 3.05) is 0 Å². The topological polar surface area (TPSA) is 160 Å². The van der Waals surface area contributed by atoms with Gasteiger partial charge in [0.25, 0.3) is 10.1 Å². The van der Waals surface area contributed by atoms with Crippen LogP contribution in [0.1, 0.15) is 20.7 Å². The first-order valence-electron chi connectivity index (χ1n) is 3.82. The predicted octanol–water partition coefficient (Wildman–Crippen LogP) is -0.497. The van der Waals surface area contributed by atoms with Crippen LogP contribution in [0.3, 0.4) is 0 Å². The minimum Gasteiger partial charge on any atom is -0.478 e. The molecule has 0 fully saturated rings. The second kappa shape index (κ2) is 6.55. The van der Waals surface area contributed by atoms with E-state index >= 15 is 0 Å². The molecule has 1 rings (SSSR count). The van der Waals surface area contributed by atoms with E-state index in [9.17, 15) is 18.0 Å². The molecule has 0 spiro atoms. The molecule has 10 heteroatoms. The third-order valence-corrected chi connectivity index (χ3v) is 2.69. The van der Waals surface area contributed by atoms with Gasteiger partial charge < -0.3 is 15.7 Å². The van der Waals surface area contributed by atoms with Crippen molar-refractivity contribution < 1.29 is 57.7 Å². The maximum Gasteiger partial charge on any atom is 0.337 e. The summed E-state index contributed by atoms with van der Waals surface area (Å²) in [5.74, 6) is -3.29. The largest absolute Gasteiger partial charge is 0.478 e. The third-order valence-electron chi connectivity index (χ3n) is 1.73. The second-order valence-electron chi connectivity index (χ2n) is 2.77. The second-order valence-corrected chi connectivity index (χ2v) is 4.13. The van der Waals surface area contributed by atoms with E-state index in [-0.39, 0.29) is 25.0 Å². The van der Waals surface area contributed by atoms with Crippen molar-refractivity contribution in [3.8, 4) is 0 Å². The SMILES string of the molecule is O.O=C(O)c1cccc(C(=O)O)c1S(=O)(=O)O.[Zn]. The molecule has 0 amide bonds.